The molecule has 1 heterocycles. The molecule has 1 rings (SSSR count). The number of rotatable bonds is 2. The molecule has 1 aromatic rings. The van der Waals surface area contributed by atoms with E-state index < -0.39 is 0 Å². The molecule has 0 saturated carbocycles. The van der Waals surface area contributed by atoms with Crippen molar-refractivity contribution in [2.75, 3.05) is 5.73 Å². The first kappa shape index (κ1) is 8.34. The highest BCUT2D eigenvalue weighted by atomic mass is 35.5. The van der Waals surface area contributed by atoms with Gasteiger partial charge in [0.05, 0.1) is 5.69 Å². The van der Waals surface area contributed by atoms with Gasteiger partial charge in [-0.05, 0) is 18.1 Å². The van der Waals surface area contributed by atoms with Crippen LogP contribution < -0.4 is 5.73 Å². The van der Waals surface area contributed by atoms with E-state index in [-0.39, 0.29) is 0 Å². The summed E-state index contributed by atoms with van der Waals surface area (Å²) in [4.78, 5) is 3.86. The molecule has 0 spiro atoms. The monoisotopic (exact) mass is 170 g/mol. The van der Waals surface area contributed by atoms with Gasteiger partial charge in [-0.2, -0.15) is 0 Å². The van der Waals surface area contributed by atoms with Gasteiger partial charge in [-0.25, -0.2) is 4.98 Å². The smallest absolute Gasteiger partial charge is 0.152 e. The minimum atomic E-state index is 0.413. The number of hydrogen-bond donors (Lipinski definition) is 1. The zero-order chi connectivity index (χ0) is 8.27. The molecule has 0 bridgehead atoms. The van der Waals surface area contributed by atoms with Crippen LogP contribution in [0, 0.1) is 0 Å². The predicted molar refractivity (Wildman–Crippen MR) is 47.7 cm³/mol. The van der Waals surface area contributed by atoms with Gasteiger partial charge in [-0.1, -0.05) is 24.9 Å². The number of nitrogen functional groups attached to an aromatic ring is 1. The van der Waals surface area contributed by atoms with Crippen molar-refractivity contribution < 1.29 is 0 Å². The summed E-state index contributed by atoms with van der Waals surface area (Å²) in [6.45, 7) is 2.10. The minimum absolute atomic E-state index is 0.413. The van der Waals surface area contributed by atoms with Crippen LogP contribution >= 0.6 is 11.6 Å². The normalized spacial score (nSPS) is 10.0. The van der Waals surface area contributed by atoms with Crippen molar-refractivity contribution in [3.63, 3.8) is 0 Å². The van der Waals surface area contributed by atoms with Crippen LogP contribution in [-0.4, -0.2) is 4.98 Å². The molecule has 0 aliphatic carbocycles. The Kier molecular flexibility index (Phi) is 2.71. The van der Waals surface area contributed by atoms with Crippen LogP contribution in [0.2, 0.25) is 5.15 Å². The van der Waals surface area contributed by atoms with Crippen molar-refractivity contribution >= 4 is 17.3 Å². The van der Waals surface area contributed by atoms with E-state index in [4.69, 9.17) is 17.3 Å². The van der Waals surface area contributed by atoms with Crippen LogP contribution in [0.5, 0.6) is 0 Å². The first-order valence-corrected chi connectivity index (χ1v) is 4.02. The SMILES string of the molecule is CCCc1ccnc(Cl)c1N. The Balaban J connectivity index is 2.96. The van der Waals surface area contributed by atoms with E-state index in [1.165, 1.54) is 0 Å². The molecule has 0 aliphatic rings. The molecule has 1 aromatic heterocycles. The van der Waals surface area contributed by atoms with Crippen LogP contribution in [0.1, 0.15) is 18.9 Å². The quantitative estimate of drug-likeness (QED) is 0.692. The molecular weight excluding hydrogens is 160 g/mol. The van der Waals surface area contributed by atoms with Crippen molar-refractivity contribution in [3.8, 4) is 0 Å². The Hall–Kier alpha value is -0.760. The van der Waals surface area contributed by atoms with E-state index in [0.29, 0.717) is 10.8 Å². The van der Waals surface area contributed by atoms with E-state index in [1.54, 1.807) is 6.20 Å². The van der Waals surface area contributed by atoms with Crippen molar-refractivity contribution in [2.45, 2.75) is 19.8 Å². The lowest BCUT2D eigenvalue weighted by Gasteiger charge is -2.03. The molecule has 11 heavy (non-hydrogen) atoms. The molecule has 2 N–H and O–H groups in total. The Labute approximate surface area is 71.4 Å². The van der Waals surface area contributed by atoms with Crippen molar-refractivity contribution in [2.24, 2.45) is 0 Å². The topological polar surface area (TPSA) is 38.9 Å². The van der Waals surface area contributed by atoms with E-state index >= 15 is 0 Å². The summed E-state index contributed by atoms with van der Waals surface area (Å²) in [5, 5.41) is 0.413. The summed E-state index contributed by atoms with van der Waals surface area (Å²) in [6.07, 6.45) is 3.72. The van der Waals surface area contributed by atoms with Gasteiger partial charge >= 0.3 is 0 Å². The molecule has 0 fully saturated rings. The summed E-state index contributed by atoms with van der Waals surface area (Å²) in [5.74, 6) is 0. The number of aryl methyl sites for hydroxylation is 1. The molecule has 0 aromatic carbocycles. The van der Waals surface area contributed by atoms with Gasteiger partial charge in [-0.3, -0.25) is 0 Å². The third-order valence-corrected chi connectivity index (χ3v) is 1.85. The molecule has 0 saturated heterocycles. The summed E-state index contributed by atoms with van der Waals surface area (Å²) < 4.78 is 0. The van der Waals surface area contributed by atoms with Crippen molar-refractivity contribution in [3.05, 3.63) is 23.0 Å². The van der Waals surface area contributed by atoms with Crippen LogP contribution in [0.4, 0.5) is 5.69 Å². The molecule has 0 amide bonds. The second kappa shape index (κ2) is 3.58. The van der Waals surface area contributed by atoms with E-state index in [0.717, 1.165) is 18.4 Å². The molecule has 3 heteroatoms. The van der Waals surface area contributed by atoms with Crippen LogP contribution in [-0.2, 0) is 6.42 Å². The number of halogens is 1. The average Bonchev–Trinajstić information content (AvgIpc) is 1.99. The van der Waals surface area contributed by atoms with E-state index in [9.17, 15) is 0 Å². The molecule has 2 nitrogen and oxygen atoms in total. The minimum Gasteiger partial charge on any atom is -0.396 e. The third kappa shape index (κ3) is 1.84. The number of anilines is 1. The maximum absolute atomic E-state index is 5.71. The highest BCUT2D eigenvalue weighted by Gasteiger charge is 2.01. The summed E-state index contributed by atoms with van der Waals surface area (Å²) in [5.41, 5.74) is 7.39. The first-order chi connectivity index (χ1) is 5.25. The molecule has 0 aliphatic heterocycles. The van der Waals surface area contributed by atoms with Crippen LogP contribution in [0.25, 0.3) is 0 Å². The van der Waals surface area contributed by atoms with Gasteiger partial charge in [0.25, 0.3) is 0 Å². The first-order valence-electron chi connectivity index (χ1n) is 3.64. The summed E-state index contributed by atoms with van der Waals surface area (Å²) in [7, 11) is 0. The molecule has 0 unspecified atom stereocenters. The third-order valence-electron chi connectivity index (χ3n) is 1.55. The number of nitrogens with zero attached hydrogens (tertiary/aromatic N) is 1. The van der Waals surface area contributed by atoms with Gasteiger partial charge in [0.15, 0.2) is 5.15 Å². The largest absolute Gasteiger partial charge is 0.396 e. The van der Waals surface area contributed by atoms with E-state index in [2.05, 4.69) is 11.9 Å². The maximum atomic E-state index is 5.71. The fourth-order valence-corrected chi connectivity index (χ4v) is 1.15. The second-order valence-electron chi connectivity index (χ2n) is 2.42. The van der Waals surface area contributed by atoms with Crippen LogP contribution in [0.3, 0.4) is 0 Å². The highest BCUT2D eigenvalue weighted by molar-refractivity contribution is 6.31. The Morgan fingerprint density at radius 2 is 2.36 bits per heavy atom. The Morgan fingerprint density at radius 1 is 1.64 bits per heavy atom. The fourth-order valence-electron chi connectivity index (χ4n) is 0.972. The molecule has 0 radical (unpaired) electrons. The van der Waals surface area contributed by atoms with Gasteiger partial charge in [0.2, 0.25) is 0 Å². The Morgan fingerprint density at radius 3 is 3.00 bits per heavy atom. The zero-order valence-electron chi connectivity index (χ0n) is 6.47. The standard InChI is InChI=1S/C8H11ClN2/c1-2-3-6-4-5-11-8(9)7(6)10/h4-5H,2-3,10H2,1H3. The summed E-state index contributed by atoms with van der Waals surface area (Å²) in [6, 6.07) is 1.91. The number of aromatic nitrogens is 1. The molecule has 60 valence electrons. The number of pyridine rings is 1. The zero-order valence-corrected chi connectivity index (χ0v) is 7.23. The fraction of sp³-hybridized carbons (Fsp3) is 0.375. The van der Waals surface area contributed by atoms with Gasteiger partial charge in [0, 0.05) is 6.20 Å². The van der Waals surface area contributed by atoms with Gasteiger partial charge < -0.3 is 5.73 Å². The van der Waals surface area contributed by atoms with Crippen LogP contribution in [0.15, 0.2) is 12.3 Å². The average molecular weight is 171 g/mol. The highest BCUT2D eigenvalue weighted by Crippen LogP contribution is 2.20. The van der Waals surface area contributed by atoms with Crippen molar-refractivity contribution in [1.29, 1.82) is 0 Å². The lowest BCUT2D eigenvalue weighted by Crippen LogP contribution is -1.96. The van der Waals surface area contributed by atoms with Gasteiger partial charge in [0.1, 0.15) is 0 Å². The lowest BCUT2D eigenvalue weighted by atomic mass is 10.1. The maximum Gasteiger partial charge on any atom is 0.152 e. The molecule has 0 atom stereocenters. The summed E-state index contributed by atoms with van der Waals surface area (Å²) >= 11 is 5.71. The second-order valence-corrected chi connectivity index (χ2v) is 2.78. The lowest BCUT2D eigenvalue weighted by molar-refractivity contribution is 0.921. The number of hydrogen-bond acceptors (Lipinski definition) is 2. The van der Waals surface area contributed by atoms with Crippen molar-refractivity contribution in [1.82, 2.24) is 4.98 Å². The Bertz CT molecular complexity index is 248. The number of nitrogens with two attached hydrogens (primary N) is 1. The molecular formula is C8H11ClN2. The van der Waals surface area contributed by atoms with E-state index in [1.807, 2.05) is 6.07 Å². The predicted octanol–water partition coefficient (Wildman–Crippen LogP) is 2.27. The van der Waals surface area contributed by atoms with Gasteiger partial charge in [-0.15, -0.1) is 0 Å².